The molecule has 1 aliphatic heterocycles. The number of nitrogens with zero attached hydrogens (tertiary/aromatic N) is 2. The molecular weight excluding hydrogens is 354 g/mol. The molecule has 1 amide bonds. The number of carbonyl (C=O) groups excluding carboxylic acids is 1. The molecule has 0 aliphatic carbocycles. The Bertz CT molecular complexity index is 1080. The molecule has 134 valence electrons. The number of aryl methyl sites for hydroxylation is 1. The van der Waals surface area contributed by atoms with Gasteiger partial charge in [0, 0.05) is 17.1 Å². The molecule has 2 N–H and O–H groups in total. The van der Waals surface area contributed by atoms with E-state index in [1.54, 1.807) is 0 Å². The summed E-state index contributed by atoms with van der Waals surface area (Å²) in [6.45, 7) is 4.12. The van der Waals surface area contributed by atoms with E-state index < -0.39 is 0 Å². The van der Waals surface area contributed by atoms with Crippen LogP contribution >= 0.6 is 11.8 Å². The van der Waals surface area contributed by atoms with Crippen molar-refractivity contribution in [1.82, 2.24) is 4.57 Å². The molecule has 0 saturated heterocycles. The quantitative estimate of drug-likeness (QED) is 0.678. The Morgan fingerprint density at radius 1 is 1.00 bits per heavy atom. The Morgan fingerprint density at radius 3 is 2.30 bits per heavy atom. The number of hydrogen-bond acceptors (Lipinski definition) is 3. The van der Waals surface area contributed by atoms with Crippen LogP contribution in [0.4, 0.5) is 0 Å². The minimum Gasteiger partial charge on any atom is -0.378 e. The summed E-state index contributed by atoms with van der Waals surface area (Å²) in [6, 6.07) is 20.9. The van der Waals surface area contributed by atoms with Crippen molar-refractivity contribution in [2.24, 2.45) is 10.7 Å². The monoisotopic (exact) mass is 373 g/mol. The Kier molecular flexibility index (Phi) is 4.46. The summed E-state index contributed by atoms with van der Waals surface area (Å²) < 4.78 is 2.19. The standard InChI is InChI=1S/C22H19N3OS/c1-14-12-18(13-20-21(26)24-22(23)27-20)15(2)25(14)19-10-8-17(9-11-19)16-6-4-3-5-7-16/h3-13H,1-2H3,(H2,23,24,26)/b20-13-. The van der Waals surface area contributed by atoms with E-state index in [0.717, 1.165) is 22.6 Å². The molecule has 0 atom stereocenters. The number of amides is 1. The van der Waals surface area contributed by atoms with Gasteiger partial charge in [-0.25, -0.2) is 0 Å². The minimum absolute atomic E-state index is 0.269. The van der Waals surface area contributed by atoms with Gasteiger partial charge in [-0.05, 0) is 66.6 Å². The first kappa shape index (κ1) is 17.4. The zero-order valence-electron chi connectivity index (χ0n) is 15.1. The molecule has 4 rings (SSSR count). The Balaban J connectivity index is 1.68. The summed E-state index contributed by atoms with van der Waals surface area (Å²) in [5.74, 6) is -0.269. The maximum absolute atomic E-state index is 11.9. The number of nitrogens with two attached hydrogens (primary N) is 1. The number of hydrogen-bond donors (Lipinski definition) is 1. The van der Waals surface area contributed by atoms with Crippen molar-refractivity contribution in [3.05, 3.63) is 82.5 Å². The first-order valence-electron chi connectivity index (χ1n) is 8.66. The van der Waals surface area contributed by atoms with Crippen molar-refractivity contribution in [3.63, 3.8) is 0 Å². The zero-order valence-corrected chi connectivity index (χ0v) is 16.0. The van der Waals surface area contributed by atoms with Gasteiger partial charge in [-0.2, -0.15) is 4.99 Å². The second-order valence-corrected chi connectivity index (χ2v) is 7.50. The molecular formula is C22H19N3OS. The average molecular weight is 373 g/mol. The van der Waals surface area contributed by atoms with Crippen LogP contribution in [0, 0.1) is 13.8 Å². The van der Waals surface area contributed by atoms with Crippen molar-refractivity contribution in [3.8, 4) is 16.8 Å². The molecule has 1 aromatic heterocycles. The van der Waals surface area contributed by atoms with Gasteiger partial charge in [-0.1, -0.05) is 42.5 Å². The van der Waals surface area contributed by atoms with Crippen molar-refractivity contribution < 1.29 is 4.79 Å². The average Bonchev–Trinajstić information content (AvgIpc) is 3.13. The van der Waals surface area contributed by atoms with Crippen LogP contribution in [0.5, 0.6) is 0 Å². The smallest absolute Gasteiger partial charge is 0.286 e. The van der Waals surface area contributed by atoms with E-state index in [4.69, 9.17) is 5.73 Å². The lowest BCUT2D eigenvalue weighted by molar-refractivity contribution is -0.113. The molecule has 0 radical (unpaired) electrons. The van der Waals surface area contributed by atoms with Crippen LogP contribution in [-0.4, -0.2) is 15.6 Å². The number of thioether (sulfide) groups is 1. The molecule has 5 heteroatoms. The van der Waals surface area contributed by atoms with E-state index in [1.165, 1.54) is 22.9 Å². The fourth-order valence-electron chi connectivity index (χ4n) is 3.33. The highest BCUT2D eigenvalue weighted by Crippen LogP contribution is 2.30. The van der Waals surface area contributed by atoms with Crippen LogP contribution < -0.4 is 5.73 Å². The fourth-order valence-corrected chi connectivity index (χ4v) is 4.00. The summed E-state index contributed by atoms with van der Waals surface area (Å²) >= 11 is 1.22. The fraction of sp³-hybridized carbons (Fsp3) is 0.0909. The summed E-state index contributed by atoms with van der Waals surface area (Å²) in [5, 5.41) is 0.302. The zero-order chi connectivity index (χ0) is 19.0. The number of carbonyl (C=O) groups is 1. The minimum atomic E-state index is -0.269. The van der Waals surface area contributed by atoms with Gasteiger partial charge in [-0.15, -0.1) is 0 Å². The maximum atomic E-state index is 11.9. The third kappa shape index (κ3) is 3.34. The first-order chi connectivity index (χ1) is 13.0. The third-order valence-electron chi connectivity index (χ3n) is 4.63. The van der Waals surface area contributed by atoms with Gasteiger partial charge >= 0.3 is 0 Å². The molecule has 27 heavy (non-hydrogen) atoms. The Morgan fingerprint density at radius 2 is 1.67 bits per heavy atom. The molecule has 2 heterocycles. The second-order valence-electron chi connectivity index (χ2n) is 6.44. The first-order valence-corrected chi connectivity index (χ1v) is 9.47. The van der Waals surface area contributed by atoms with Crippen molar-refractivity contribution in [2.45, 2.75) is 13.8 Å². The highest BCUT2D eigenvalue weighted by Gasteiger charge is 2.20. The van der Waals surface area contributed by atoms with Crippen LogP contribution in [0.3, 0.4) is 0 Å². The number of aliphatic imine (C=N–C) groups is 1. The van der Waals surface area contributed by atoms with Crippen LogP contribution in [-0.2, 0) is 4.79 Å². The van der Waals surface area contributed by atoms with Crippen molar-refractivity contribution >= 4 is 28.9 Å². The highest BCUT2D eigenvalue weighted by atomic mass is 32.2. The molecule has 0 spiro atoms. The van der Waals surface area contributed by atoms with E-state index >= 15 is 0 Å². The Hall–Kier alpha value is -3.05. The molecule has 0 unspecified atom stereocenters. The topological polar surface area (TPSA) is 60.4 Å². The lowest BCUT2D eigenvalue weighted by Gasteiger charge is -2.11. The lowest BCUT2D eigenvalue weighted by atomic mass is 10.1. The third-order valence-corrected chi connectivity index (χ3v) is 5.44. The van der Waals surface area contributed by atoms with Crippen LogP contribution in [0.1, 0.15) is 17.0 Å². The van der Waals surface area contributed by atoms with E-state index in [2.05, 4.69) is 65.9 Å². The van der Waals surface area contributed by atoms with Crippen LogP contribution in [0.15, 0.2) is 70.6 Å². The summed E-state index contributed by atoms with van der Waals surface area (Å²) in [6.07, 6.45) is 1.87. The predicted molar refractivity (Wildman–Crippen MR) is 113 cm³/mol. The number of rotatable bonds is 3. The Labute approximate surface area is 162 Å². The van der Waals surface area contributed by atoms with Gasteiger partial charge in [0.2, 0.25) is 0 Å². The summed E-state index contributed by atoms with van der Waals surface area (Å²) in [5.41, 5.74) is 12.3. The van der Waals surface area contributed by atoms with Gasteiger partial charge in [0.1, 0.15) is 0 Å². The SMILES string of the molecule is Cc1cc(/C=C2\SC(N)=NC2=O)c(C)n1-c1ccc(-c2ccccc2)cc1. The molecule has 0 fully saturated rings. The molecule has 0 bridgehead atoms. The van der Waals surface area contributed by atoms with E-state index in [0.29, 0.717) is 10.1 Å². The van der Waals surface area contributed by atoms with Crippen LogP contribution in [0.2, 0.25) is 0 Å². The normalized spacial score (nSPS) is 15.4. The number of amidine groups is 1. The van der Waals surface area contributed by atoms with Gasteiger partial charge in [-0.3, -0.25) is 4.79 Å². The molecule has 3 aromatic rings. The second kappa shape index (κ2) is 6.93. The highest BCUT2D eigenvalue weighted by molar-refractivity contribution is 8.18. The van der Waals surface area contributed by atoms with Gasteiger partial charge in [0.15, 0.2) is 5.17 Å². The number of benzene rings is 2. The number of aromatic nitrogens is 1. The van der Waals surface area contributed by atoms with Crippen LogP contribution in [0.25, 0.3) is 22.9 Å². The van der Waals surface area contributed by atoms with Gasteiger partial charge < -0.3 is 10.3 Å². The largest absolute Gasteiger partial charge is 0.378 e. The molecule has 2 aromatic carbocycles. The van der Waals surface area contributed by atoms with Gasteiger partial charge in [0.05, 0.1) is 4.91 Å². The van der Waals surface area contributed by atoms with Gasteiger partial charge in [0.25, 0.3) is 5.91 Å². The predicted octanol–water partition coefficient (Wildman–Crippen LogP) is 4.69. The molecule has 0 saturated carbocycles. The van der Waals surface area contributed by atoms with E-state index in [1.807, 2.05) is 24.3 Å². The molecule has 4 nitrogen and oxygen atoms in total. The van der Waals surface area contributed by atoms with E-state index in [-0.39, 0.29) is 5.91 Å². The van der Waals surface area contributed by atoms with E-state index in [9.17, 15) is 4.79 Å². The summed E-state index contributed by atoms with van der Waals surface area (Å²) in [7, 11) is 0. The maximum Gasteiger partial charge on any atom is 0.286 e. The van der Waals surface area contributed by atoms with Crippen molar-refractivity contribution in [2.75, 3.05) is 0 Å². The molecule has 1 aliphatic rings. The lowest BCUT2D eigenvalue weighted by Crippen LogP contribution is -2.01. The van der Waals surface area contributed by atoms with Crippen molar-refractivity contribution in [1.29, 1.82) is 0 Å². The summed E-state index contributed by atoms with van der Waals surface area (Å²) in [4.78, 5) is 16.2.